The number of nitrogens with one attached hydrogen (secondary N) is 1. The summed E-state index contributed by atoms with van der Waals surface area (Å²) in [4.78, 5) is 45.8. The molecule has 1 unspecified atom stereocenters. The fourth-order valence-corrected chi connectivity index (χ4v) is 2.10. The van der Waals surface area contributed by atoms with E-state index in [1.165, 1.54) is 7.11 Å². The molecule has 0 aromatic heterocycles. The lowest BCUT2D eigenvalue weighted by Gasteiger charge is -2.23. The van der Waals surface area contributed by atoms with Gasteiger partial charge in [-0.25, -0.2) is 9.69 Å². The molecule has 8 nitrogen and oxygen atoms in total. The maximum absolute atomic E-state index is 11.8. The van der Waals surface area contributed by atoms with E-state index in [4.69, 9.17) is 4.74 Å². The van der Waals surface area contributed by atoms with Gasteiger partial charge < -0.3 is 14.8 Å². The minimum Gasteiger partial charge on any atom is -0.468 e. The van der Waals surface area contributed by atoms with Crippen molar-refractivity contribution in [2.45, 2.75) is 45.6 Å². The maximum atomic E-state index is 11.8. The first-order chi connectivity index (χ1) is 10.7. The molecule has 130 valence electrons. The third-order valence-corrected chi connectivity index (χ3v) is 3.21. The number of rotatable bonds is 1. The van der Waals surface area contributed by atoms with E-state index in [0.717, 1.165) is 24.3 Å². The number of esters is 1. The van der Waals surface area contributed by atoms with Crippen LogP contribution in [0, 0.1) is 5.92 Å². The first-order valence-electron chi connectivity index (χ1n) is 7.54. The van der Waals surface area contributed by atoms with E-state index < -0.39 is 29.5 Å². The van der Waals surface area contributed by atoms with Crippen molar-refractivity contribution < 1.29 is 28.7 Å². The van der Waals surface area contributed by atoms with Crippen LogP contribution in [-0.2, 0) is 23.9 Å². The van der Waals surface area contributed by atoms with E-state index >= 15 is 0 Å². The second kappa shape index (κ2) is 7.94. The van der Waals surface area contributed by atoms with E-state index in [9.17, 15) is 19.2 Å². The van der Waals surface area contributed by atoms with Crippen LogP contribution >= 0.6 is 0 Å². The Kier molecular flexibility index (Phi) is 6.53. The highest BCUT2D eigenvalue weighted by Crippen LogP contribution is 2.21. The topological polar surface area (TPSA) is 102 Å². The maximum Gasteiger partial charge on any atom is 0.417 e. The number of nitrogens with zero attached hydrogens (tertiary/aromatic N) is 1. The summed E-state index contributed by atoms with van der Waals surface area (Å²) < 4.78 is 9.56. The molecular weight excluding hydrogens is 304 g/mol. The van der Waals surface area contributed by atoms with Crippen molar-refractivity contribution in [1.82, 2.24) is 10.2 Å². The fourth-order valence-electron chi connectivity index (χ4n) is 2.10. The second-order valence-electron chi connectivity index (χ2n) is 6.29. The number of imide groups is 1. The van der Waals surface area contributed by atoms with Gasteiger partial charge >= 0.3 is 12.1 Å². The van der Waals surface area contributed by atoms with Crippen molar-refractivity contribution in [1.29, 1.82) is 0 Å². The Bertz CT molecular complexity index is 475. The quantitative estimate of drug-likeness (QED) is 0.565. The highest BCUT2D eigenvalue weighted by molar-refractivity contribution is 6.05. The molecule has 3 amide bonds. The lowest BCUT2D eigenvalue weighted by Crippen LogP contribution is -2.39. The molecule has 2 rings (SSSR count). The Morgan fingerprint density at radius 1 is 1.26 bits per heavy atom. The van der Waals surface area contributed by atoms with Crippen molar-refractivity contribution in [3.8, 4) is 0 Å². The van der Waals surface area contributed by atoms with Crippen LogP contribution in [0.1, 0.15) is 40.0 Å². The van der Waals surface area contributed by atoms with Crippen LogP contribution in [0.3, 0.4) is 0 Å². The van der Waals surface area contributed by atoms with Crippen molar-refractivity contribution >= 4 is 23.9 Å². The Labute approximate surface area is 135 Å². The number of carbonyl (C=O) groups is 4. The number of carbonyl (C=O) groups excluding carboxylic acids is 4. The molecule has 0 aromatic carbocycles. The predicted octanol–water partition coefficient (Wildman–Crippen LogP) is 0.839. The number of likely N-dealkylation sites (tertiary alicyclic amines) is 1. The van der Waals surface area contributed by atoms with Crippen molar-refractivity contribution in [2.24, 2.45) is 5.92 Å². The Balaban J connectivity index is 0.000000366. The Morgan fingerprint density at radius 2 is 1.91 bits per heavy atom. The van der Waals surface area contributed by atoms with Gasteiger partial charge in [-0.15, -0.1) is 0 Å². The largest absolute Gasteiger partial charge is 0.468 e. The second-order valence-corrected chi connectivity index (χ2v) is 6.29. The zero-order valence-corrected chi connectivity index (χ0v) is 14.0. The number of amides is 3. The molecular formula is C15H24N2O6. The lowest BCUT2D eigenvalue weighted by molar-refractivity contribution is -0.150. The first-order valence-corrected chi connectivity index (χ1v) is 7.54. The molecule has 2 saturated heterocycles. The van der Waals surface area contributed by atoms with Gasteiger partial charge in [0.25, 0.3) is 0 Å². The van der Waals surface area contributed by atoms with E-state index in [-0.39, 0.29) is 18.9 Å². The van der Waals surface area contributed by atoms with Crippen LogP contribution in [0.15, 0.2) is 0 Å². The van der Waals surface area contributed by atoms with Gasteiger partial charge in [-0.3, -0.25) is 14.4 Å². The summed E-state index contributed by atoms with van der Waals surface area (Å²) in [6.45, 7) is 6.21. The van der Waals surface area contributed by atoms with Crippen LogP contribution < -0.4 is 5.32 Å². The van der Waals surface area contributed by atoms with Gasteiger partial charge in [0.1, 0.15) is 11.5 Å². The van der Waals surface area contributed by atoms with Gasteiger partial charge in [-0.05, 0) is 33.6 Å². The van der Waals surface area contributed by atoms with Gasteiger partial charge in [-0.2, -0.15) is 0 Å². The molecule has 0 radical (unpaired) electrons. The average molecular weight is 328 g/mol. The van der Waals surface area contributed by atoms with Crippen molar-refractivity contribution in [2.75, 3.05) is 20.2 Å². The average Bonchev–Trinajstić information content (AvgIpc) is 3.05. The molecule has 2 heterocycles. The monoisotopic (exact) mass is 328 g/mol. The number of hydrogen-bond donors (Lipinski definition) is 1. The third-order valence-electron chi connectivity index (χ3n) is 3.21. The summed E-state index contributed by atoms with van der Waals surface area (Å²) in [6, 6.07) is 0. The van der Waals surface area contributed by atoms with E-state index in [1.807, 2.05) is 0 Å². The van der Waals surface area contributed by atoms with E-state index in [2.05, 4.69) is 10.1 Å². The van der Waals surface area contributed by atoms with Crippen LogP contribution in [-0.4, -0.2) is 54.6 Å². The molecule has 2 aliphatic rings. The number of hydrogen-bond acceptors (Lipinski definition) is 6. The van der Waals surface area contributed by atoms with Crippen LogP contribution in [0.5, 0.6) is 0 Å². The van der Waals surface area contributed by atoms with Gasteiger partial charge in [0.2, 0.25) is 11.8 Å². The fraction of sp³-hybridized carbons (Fsp3) is 0.733. The summed E-state index contributed by atoms with van der Waals surface area (Å²) in [5.74, 6) is -1.84. The third kappa shape index (κ3) is 5.88. The molecule has 2 aliphatic heterocycles. The van der Waals surface area contributed by atoms with Gasteiger partial charge in [-0.1, -0.05) is 0 Å². The summed E-state index contributed by atoms with van der Waals surface area (Å²) >= 11 is 0. The molecule has 1 atom stereocenters. The van der Waals surface area contributed by atoms with E-state index in [0.29, 0.717) is 0 Å². The molecule has 8 heteroatoms. The molecule has 0 saturated carbocycles. The smallest absolute Gasteiger partial charge is 0.417 e. The van der Waals surface area contributed by atoms with E-state index in [1.54, 1.807) is 20.8 Å². The van der Waals surface area contributed by atoms with Gasteiger partial charge in [0.05, 0.1) is 7.11 Å². The summed E-state index contributed by atoms with van der Waals surface area (Å²) in [5, 5.41) is 2.68. The predicted molar refractivity (Wildman–Crippen MR) is 80.3 cm³/mol. The molecule has 0 aromatic rings. The molecule has 1 N–H and O–H groups in total. The molecule has 0 spiro atoms. The van der Waals surface area contributed by atoms with Crippen molar-refractivity contribution in [3.63, 3.8) is 0 Å². The van der Waals surface area contributed by atoms with Crippen LogP contribution in [0.4, 0.5) is 4.79 Å². The zero-order chi connectivity index (χ0) is 17.6. The molecule has 2 fully saturated rings. The minimum atomic E-state index is -0.882. The number of methoxy groups -OCH3 is 1. The summed E-state index contributed by atoms with van der Waals surface area (Å²) in [6.07, 6.45) is 1.33. The molecule has 23 heavy (non-hydrogen) atoms. The standard InChI is InChI=1S/C11H17NO5.C4H7NO/c1-11(2,3)17-10(15)12-6-5-7(8(12)13)9(14)16-4;6-4-2-1-3-5-4/h7H,5-6H2,1-4H3;1-3H2,(H,5,6). The highest BCUT2D eigenvalue weighted by atomic mass is 16.6. The highest BCUT2D eigenvalue weighted by Gasteiger charge is 2.42. The summed E-state index contributed by atoms with van der Waals surface area (Å²) in [7, 11) is 1.21. The lowest BCUT2D eigenvalue weighted by atomic mass is 10.1. The van der Waals surface area contributed by atoms with Gasteiger partial charge in [0, 0.05) is 19.5 Å². The SMILES string of the molecule is COC(=O)C1CCN(C(=O)OC(C)(C)C)C1=O.O=C1CCCN1. The van der Waals surface area contributed by atoms with Crippen LogP contribution in [0.25, 0.3) is 0 Å². The Morgan fingerprint density at radius 3 is 2.30 bits per heavy atom. The molecule has 0 aliphatic carbocycles. The zero-order valence-electron chi connectivity index (χ0n) is 14.0. The Hall–Kier alpha value is -2.12. The van der Waals surface area contributed by atoms with Crippen molar-refractivity contribution in [3.05, 3.63) is 0 Å². The normalized spacial score (nSPS) is 20.5. The molecule has 0 bridgehead atoms. The number of ether oxygens (including phenoxy) is 2. The minimum absolute atomic E-state index is 0.188. The van der Waals surface area contributed by atoms with Gasteiger partial charge in [0.15, 0.2) is 0 Å². The first kappa shape index (κ1) is 18.9. The summed E-state index contributed by atoms with van der Waals surface area (Å²) in [5.41, 5.74) is -0.666. The van der Waals surface area contributed by atoms with Crippen LogP contribution in [0.2, 0.25) is 0 Å².